The number of nitrogens with zero attached hydrogens (tertiary/aromatic N) is 10. The fourth-order valence-corrected chi connectivity index (χ4v) is 3.51. The first-order chi connectivity index (χ1) is 13.6. The van der Waals surface area contributed by atoms with Gasteiger partial charge in [0.05, 0.1) is 6.54 Å². The molecule has 1 aliphatic rings. The summed E-state index contributed by atoms with van der Waals surface area (Å²) in [5.41, 5.74) is 0.781. The molecule has 1 fully saturated rings. The Kier molecular flexibility index (Phi) is 4.80. The van der Waals surface area contributed by atoms with Crippen LogP contribution in [0.3, 0.4) is 0 Å². The van der Waals surface area contributed by atoms with Gasteiger partial charge in [-0.15, -0.1) is 20.4 Å². The highest BCUT2D eigenvalue weighted by molar-refractivity contribution is 5.80. The number of anilines is 1. The monoisotopic (exact) mass is 383 g/mol. The highest BCUT2D eigenvalue weighted by Gasteiger charge is 2.28. The van der Waals surface area contributed by atoms with Crippen molar-refractivity contribution in [1.82, 2.24) is 44.6 Å². The van der Waals surface area contributed by atoms with E-state index >= 15 is 0 Å². The Morgan fingerprint density at radius 1 is 1.29 bits per heavy atom. The maximum Gasteiger partial charge on any atom is 0.203 e. The molecule has 0 spiro atoms. The number of aromatic nitrogens is 7. The normalized spacial score (nSPS) is 18.1. The summed E-state index contributed by atoms with van der Waals surface area (Å²) < 4.78 is 3.87. The predicted octanol–water partition coefficient (Wildman–Crippen LogP) is -0.153. The van der Waals surface area contributed by atoms with E-state index in [9.17, 15) is 0 Å². The maximum absolute atomic E-state index is 4.55. The molecular formula is C17H25N11. The molecule has 1 unspecified atom stereocenters. The Morgan fingerprint density at radius 2 is 2.14 bits per heavy atom. The molecule has 3 aromatic heterocycles. The van der Waals surface area contributed by atoms with Crippen LogP contribution in [-0.2, 0) is 13.6 Å². The molecule has 0 saturated carbocycles. The van der Waals surface area contributed by atoms with Crippen molar-refractivity contribution in [1.29, 1.82) is 0 Å². The second-order valence-corrected chi connectivity index (χ2v) is 6.92. The number of aryl methyl sites for hydroxylation is 1. The lowest BCUT2D eigenvalue weighted by atomic mass is 10.2. The van der Waals surface area contributed by atoms with Crippen LogP contribution in [0.1, 0.15) is 18.6 Å². The number of nitrogens with one attached hydrogen (secondary N) is 1. The zero-order valence-electron chi connectivity index (χ0n) is 16.6. The Bertz CT molecular complexity index is 988. The summed E-state index contributed by atoms with van der Waals surface area (Å²) in [6.07, 6.45) is 5.34. The fourth-order valence-electron chi connectivity index (χ4n) is 3.51. The third-order valence-electron chi connectivity index (χ3n) is 5.20. The summed E-state index contributed by atoms with van der Waals surface area (Å²) >= 11 is 0. The third-order valence-corrected chi connectivity index (χ3v) is 5.20. The van der Waals surface area contributed by atoms with Gasteiger partial charge in [0.15, 0.2) is 17.6 Å². The SMILES string of the molecule is CN=C(NCc1nnc(C)n1C)N1CCN(c2nccn3cnnc23)C(C)C1. The van der Waals surface area contributed by atoms with E-state index in [2.05, 4.69) is 52.4 Å². The molecule has 3 aromatic rings. The van der Waals surface area contributed by atoms with Crippen LogP contribution in [0.2, 0.25) is 0 Å². The average molecular weight is 383 g/mol. The minimum Gasteiger partial charge on any atom is -0.349 e. The summed E-state index contributed by atoms with van der Waals surface area (Å²) in [5.74, 6) is 3.50. The van der Waals surface area contributed by atoms with Gasteiger partial charge < -0.3 is 19.7 Å². The van der Waals surface area contributed by atoms with E-state index in [1.807, 2.05) is 29.1 Å². The average Bonchev–Trinajstić information content (AvgIpc) is 3.30. The highest BCUT2D eigenvalue weighted by Crippen LogP contribution is 2.21. The van der Waals surface area contributed by atoms with Gasteiger partial charge >= 0.3 is 0 Å². The molecule has 11 nitrogen and oxygen atoms in total. The molecule has 0 amide bonds. The van der Waals surface area contributed by atoms with Crippen molar-refractivity contribution in [3.05, 3.63) is 30.4 Å². The van der Waals surface area contributed by atoms with Gasteiger partial charge in [0, 0.05) is 52.2 Å². The molecule has 0 aromatic carbocycles. The molecule has 0 radical (unpaired) electrons. The summed E-state index contributed by atoms with van der Waals surface area (Å²) in [7, 11) is 3.77. The lowest BCUT2D eigenvalue weighted by molar-refractivity contribution is 0.326. The minimum atomic E-state index is 0.250. The number of rotatable bonds is 3. The van der Waals surface area contributed by atoms with Gasteiger partial charge in [-0.1, -0.05) is 0 Å². The summed E-state index contributed by atoms with van der Waals surface area (Å²) in [4.78, 5) is 13.5. The van der Waals surface area contributed by atoms with Gasteiger partial charge in [-0.05, 0) is 13.8 Å². The van der Waals surface area contributed by atoms with Crippen molar-refractivity contribution < 1.29 is 0 Å². The Labute approximate surface area is 163 Å². The first-order valence-corrected chi connectivity index (χ1v) is 9.30. The van der Waals surface area contributed by atoms with Crippen molar-refractivity contribution in [2.45, 2.75) is 26.4 Å². The van der Waals surface area contributed by atoms with Crippen LogP contribution in [0.4, 0.5) is 5.82 Å². The van der Waals surface area contributed by atoms with E-state index in [1.165, 1.54) is 0 Å². The van der Waals surface area contributed by atoms with Crippen molar-refractivity contribution in [2.75, 3.05) is 31.6 Å². The molecule has 1 saturated heterocycles. The van der Waals surface area contributed by atoms with Gasteiger partial charge in [0.2, 0.25) is 5.65 Å². The molecule has 4 heterocycles. The molecule has 1 N–H and O–H groups in total. The molecule has 0 bridgehead atoms. The number of fused-ring (bicyclic) bond motifs is 1. The zero-order chi connectivity index (χ0) is 19.7. The Balaban J connectivity index is 1.44. The quantitative estimate of drug-likeness (QED) is 0.492. The van der Waals surface area contributed by atoms with E-state index in [1.54, 1.807) is 19.6 Å². The number of aliphatic imine (C=N–C) groups is 1. The van der Waals surface area contributed by atoms with Crippen LogP contribution in [-0.4, -0.2) is 77.9 Å². The van der Waals surface area contributed by atoms with E-state index in [-0.39, 0.29) is 6.04 Å². The van der Waals surface area contributed by atoms with Gasteiger partial charge in [0.1, 0.15) is 12.2 Å². The lowest BCUT2D eigenvalue weighted by Crippen LogP contribution is -2.56. The number of hydrogen-bond donors (Lipinski definition) is 1. The van der Waals surface area contributed by atoms with E-state index < -0.39 is 0 Å². The summed E-state index contributed by atoms with van der Waals surface area (Å²) in [5, 5.41) is 19.9. The third kappa shape index (κ3) is 3.23. The zero-order valence-corrected chi connectivity index (χ0v) is 16.6. The molecule has 28 heavy (non-hydrogen) atoms. The first kappa shape index (κ1) is 18.1. The number of guanidine groups is 1. The second kappa shape index (κ2) is 7.41. The standard InChI is InChI=1S/C17H25N11/c1-12-10-26(17(18-3)20-9-14-23-22-13(2)25(14)4)7-8-28(12)15-16-24-21-11-27(16)6-5-19-15/h5-6,11-12H,7-10H2,1-4H3,(H,18,20). The van der Waals surface area contributed by atoms with E-state index in [0.29, 0.717) is 6.54 Å². The number of piperazine rings is 1. The lowest BCUT2D eigenvalue weighted by Gasteiger charge is -2.41. The minimum absolute atomic E-state index is 0.250. The second-order valence-electron chi connectivity index (χ2n) is 6.92. The maximum atomic E-state index is 4.55. The summed E-state index contributed by atoms with van der Waals surface area (Å²) in [6, 6.07) is 0.250. The molecule has 1 atom stereocenters. The van der Waals surface area contributed by atoms with Crippen molar-refractivity contribution in [3.8, 4) is 0 Å². The molecule has 11 heteroatoms. The van der Waals surface area contributed by atoms with Crippen molar-refractivity contribution in [2.24, 2.45) is 12.0 Å². The topological polar surface area (TPSA) is 105 Å². The summed E-state index contributed by atoms with van der Waals surface area (Å²) in [6.45, 7) is 7.19. The van der Waals surface area contributed by atoms with Crippen LogP contribution in [0.25, 0.3) is 5.65 Å². The van der Waals surface area contributed by atoms with Crippen LogP contribution in [0, 0.1) is 6.92 Å². The Hall–Kier alpha value is -3.24. The molecular weight excluding hydrogens is 358 g/mol. The highest BCUT2D eigenvalue weighted by atomic mass is 15.4. The van der Waals surface area contributed by atoms with E-state index in [0.717, 1.165) is 48.7 Å². The van der Waals surface area contributed by atoms with Gasteiger partial charge in [0.25, 0.3) is 0 Å². The number of hydrogen-bond acceptors (Lipinski definition) is 7. The fraction of sp³-hybridized carbons (Fsp3) is 0.529. The van der Waals surface area contributed by atoms with Crippen LogP contribution < -0.4 is 10.2 Å². The molecule has 4 rings (SSSR count). The van der Waals surface area contributed by atoms with Crippen molar-refractivity contribution >= 4 is 17.4 Å². The van der Waals surface area contributed by atoms with Crippen LogP contribution in [0.15, 0.2) is 23.7 Å². The molecule has 148 valence electrons. The predicted molar refractivity (Wildman–Crippen MR) is 105 cm³/mol. The molecule has 0 aliphatic carbocycles. The first-order valence-electron chi connectivity index (χ1n) is 9.30. The largest absolute Gasteiger partial charge is 0.349 e. The van der Waals surface area contributed by atoms with Gasteiger partial charge in [-0.2, -0.15) is 0 Å². The van der Waals surface area contributed by atoms with Crippen LogP contribution >= 0.6 is 0 Å². The van der Waals surface area contributed by atoms with E-state index in [4.69, 9.17) is 0 Å². The van der Waals surface area contributed by atoms with Crippen molar-refractivity contribution in [3.63, 3.8) is 0 Å². The van der Waals surface area contributed by atoms with Gasteiger partial charge in [-0.3, -0.25) is 9.39 Å². The molecule has 1 aliphatic heterocycles. The van der Waals surface area contributed by atoms with Crippen LogP contribution in [0.5, 0.6) is 0 Å². The van der Waals surface area contributed by atoms with Gasteiger partial charge in [-0.25, -0.2) is 4.98 Å². The Morgan fingerprint density at radius 3 is 2.86 bits per heavy atom. The smallest absolute Gasteiger partial charge is 0.203 e.